The van der Waals surface area contributed by atoms with Crippen molar-refractivity contribution in [2.75, 3.05) is 5.32 Å². The molecule has 0 saturated carbocycles. The Morgan fingerprint density at radius 1 is 1.09 bits per heavy atom. The maximum atomic E-state index is 13.0. The van der Waals surface area contributed by atoms with Crippen molar-refractivity contribution in [3.8, 4) is 10.8 Å². The van der Waals surface area contributed by atoms with Crippen LogP contribution in [0.1, 0.15) is 45.7 Å². The lowest BCUT2D eigenvalue weighted by molar-refractivity contribution is -0.116. The Hall–Kier alpha value is -3.14. The fraction of sp³-hybridized carbons (Fsp3) is 0.200. The van der Waals surface area contributed by atoms with Crippen molar-refractivity contribution in [2.45, 2.75) is 33.2 Å². The van der Waals surface area contributed by atoms with Gasteiger partial charge in [0.2, 0.25) is 5.91 Å². The van der Waals surface area contributed by atoms with Crippen molar-refractivity contribution in [1.29, 1.82) is 0 Å². The number of anilines is 1. The summed E-state index contributed by atoms with van der Waals surface area (Å²) in [6.07, 6.45) is 0.0864. The smallest absolute Gasteiger partial charge is 0.227 e. The van der Waals surface area contributed by atoms with Gasteiger partial charge >= 0.3 is 0 Å². The second-order valence-electron chi connectivity index (χ2n) is 8.20. The number of carbonyl (C=O) groups is 1. The van der Waals surface area contributed by atoms with E-state index in [1.807, 2.05) is 35.8 Å². The molecule has 0 bridgehead atoms. The normalized spacial score (nSPS) is 14.3. The Balaban J connectivity index is 0.00000289. The molecule has 2 N–H and O–H groups in total. The number of carbonyl (C=O) groups excluding carboxylic acids is 1. The highest BCUT2D eigenvalue weighted by molar-refractivity contribution is 7.59. The summed E-state index contributed by atoms with van der Waals surface area (Å²) in [7, 11) is 0. The van der Waals surface area contributed by atoms with Crippen molar-refractivity contribution in [3.05, 3.63) is 86.8 Å². The van der Waals surface area contributed by atoms with Crippen LogP contribution in [0.4, 0.5) is 5.69 Å². The number of fused-ring (bicyclic) bond motifs is 3. The Morgan fingerprint density at radius 2 is 1.77 bits per heavy atom. The van der Waals surface area contributed by atoms with Crippen molar-refractivity contribution in [2.24, 2.45) is 4.99 Å². The quantitative estimate of drug-likeness (QED) is 0.337. The number of rotatable bonds is 4. The number of aromatic nitrogens is 3. The van der Waals surface area contributed by atoms with E-state index in [-0.39, 0.29) is 31.6 Å². The maximum Gasteiger partial charge on any atom is 0.227 e. The number of nitrogens with zero attached hydrogens (tertiary/aromatic N) is 4. The number of halogens is 1. The number of aromatic hydroxyl groups is 1. The van der Waals surface area contributed by atoms with E-state index >= 15 is 0 Å². The SMILES string of the molecule is Cc1sc2c(c1C)C(c1ccc(Cl)cc1)=N[C@@H](CC(=O)Nc1ccc(O)cc1)c1nnc(C)n1-2.S. The molecule has 0 spiro atoms. The van der Waals surface area contributed by atoms with Crippen molar-refractivity contribution in [1.82, 2.24) is 14.8 Å². The lowest BCUT2D eigenvalue weighted by atomic mass is 9.99. The van der Waals surface area contributed by atoms with Crippen molar-refractivity contribution < 1.29 is 9.90 Å². The van der Waals surface area contributed by atoms with Gasteiger partial charge in [-0.3, -0.25) is 14.4 Å². The van der Waals surface area contributed by atoms with Gasteiger partial charge in [-0.15, -0.1) is 21.5 Å². The third-order valence-electron chi connectivity index (χ3n) is 5.89. The molecule has 1 aliphatic rings. The number of amides is 1. The van der Waals surface area contributed by atoms with Gasteiger partial charge in [-0.1, -0.05) is 23.7 Å². The third-order valence-corrected chi connectivity index (χ3v) is 7.33. The second kappa shape index (κ2) is 9.85. The lowest BCUT2D eigenvalue weighted by Gasteiger charge is -2.13. The summed E-state index contributed by atoms with van der Waals surface area (Å²) >= 11 is 7.82. The lowest BCUT2D eigenvalue weighted by Crippen LogP contribution is -2.17. The average Bonchev–Trinajstić information content (AvgIpc) is 3.28. The number of thiophene rings is 1. The van der Waals surface area contributed by atoms with E-state index in [0.717, 1.165) is 33.2 Å². The predicted octanol–water partition coefficient (Wildman–Crippen LogP) is 5.65. The maximum absolute atomic E-state index is 13.0. The van der Waals surface area contributed by atoms with Crippen LogP contribution in [0.3, 0.4) is 0 Å². The van der Waals surface area contributed by atoms with Crippen molar-refractivity contribution >= 4 is 53.7 Å². The predicted molar refractivity (Wildman–Crippen MR) is 145 cm³/mol. The topological polar surface area (TPSA) is 92.4 Å². The van der Waals surface area contributed by atoms with E-state index in [1.54, 1.807) is 23.5 Å². The van der Waals surface area contributed by atoms with Crippen molar-refractivity contribution in [3.63, 3.8) is 0 Å². The number of aryl methyl sites for hydroxylation is 2. The van der Waals surface area contributed by atoms with Crippen LogP contribution in [-0.4, -0.2) is 31.5 Å². The van der Waals surface area contributed by atoms with Crippen LogP contribution in [0.2, 0.25) is 5.02 Å². The van der Waals surface area contributed by atoms with Crippen LogP contribution in [-0.2, 0) is 4.79 Å². The van der Waals surface area contributed by atoms with Crippen LogP contribution >= 0.6 is 36.4 Å². The van der Waals surface area contributed by atoms with Crippen LogP contribution in [0.25, 0.3) is 5.00 Å². The summed E-state index contributed by atoms with van der Waals surface area (Å²) in [5.41, 5.74) is 4.49. The molecule has 0 fully saturated rings. The van der Waals surface area contributed by atoms with Gasteiger partial charge < -0.3 is 10.4 Å². The van der Waals surface area contributed by atoms with Gasteiger partial charge in [0.15, 0.2) is 5.82 Å². The first kappa shape index (κ1) is 25.0. The molecule has 4 aromatic rings. The zero-order valence-corrected chi connectivity index (χ0v) is 21.9. The Kier molecular flexibility index (Phi) is 7.02. The Bertz CT molecular complexity index is 1430. The molecule has 10 heteroatoms. The summed E-state index contributed by atoms with van der Waals surface area (Å²) < 4.78 is 2.02. The number of hydrogen-bond acceptors (Lipinski definition) is 6. The van der Waals surface area contributed by atoms with E-state index in [0.29, 0.717) is 16.5 Å². The molecule has 0 saturated heterocycles. The van der Waals surface area contributed by atoms with E-state index in [2.05, 4.69) is 29.4 Å². The third kappa shape index (κ3) is 4.71. The highest BCUT2D eigenvalue weighted by atomic mass is 35.5. The second-order valence-corrected chi connectivity index (χ2v) is 9.84. The molecular weight excluding hydrogens is 502 g/mol. The minimum Gasteiger partial charge on any atom is -0.508 e. The standard InChI is InChI=1S/C25H22ClN5O2S.H2S/c1-13-14(2)34-25-22(13)23(16-4-6-17(26)7-5-16)28-20(24-30-29-15(3)31(24)25)12-21(33)27-18-8-10-19(32)11-9-18;/h4-11,20,32H,12H2,1-3H3,(H,27,33);1H2/t20-;/m0./s1. The molecule has 1 atom stereocenters. The molecule has 0 aliphatic carbocycles. The molecule has 1 aliphatic heterocycles. The number of phenols is 1. The monoisotopic (exact) mass is 525 g/mol. The molecule has 1 amide bonds. The number of phenolic OH excluding ortho intramolecular Hbond substituents is 1. The zero-order valence-electron chi connectivity index (χ0n) is 19.3. The molecule has 5 rings (SSSR count). The summed E-state index contributed by atoms with van der Waals surface area (Å²) in [4.78, 5) is 19.3. The highest BCUT2D eigenvalue weighted by Crippen LogP contribution is 2.39. The first-order valence-corrected chi connectivity index (χ1v) is 12.0. The average molecular weight is 526 g/mol. The van der Waals surface area contributed by atoms with E-state index in [9.17, 15) is 9.90 Å². The molecule has 180 valence electrons. The molecule has 2 aromatic carbocycles. The Labute approximate surface area is 219 Å². The van der Waals surface area contributed by atoms with E-state index < -0.39 is 6.04 Å². The number of nitrogens with one attached hydrogen (secondary N) is 1. The summed E-state index contributed by atoms with van der Waals surface area (Å²) in [5, 5.41) is 22.8. The van der Waals surface area contributed by atoms with Crippen LogP contribution in [0.15, 0.2) is 53.5 Å². The molecule has 2 aromatic heterocycles. The first-order chi connectivity index (χ1) is 16.3. The summed E-state index contributed by atoms with van der Waals surface area (Å²) in [6, 6.07) is 13.4. The summed E-state index contributed by atoms with van der Waals surface area (Å²) in [6.45, 7) is 6.09. The largest absolute Gasteiger partial charge is 0.508 e. The van der Waals surface area contributed by atoms with Gasteiger partial charge in [0, 0.05) is 26.7 Å². The van der Waals surface area contributed by atoms with Gasteiger partial charge in [0.25, 0.3) is 0 Å². The highest BCUT2D eigenvalue weighted by Gasteiger charge is 2.32. The van der Waals surface area contributed by atoms with Crippen LogP contribution in [0, 0.1) is 20.8 Å². The molecule has 0 radical (unpaired) electrons. The fourth-order valence-electron chi connectivity index (χ4n) is 4.06. The first-order valence-electron chi connectivity index (χ1n) is 10.8. The summed E-state index contributed by atoms with van der Waals surface area (Å²) in [5.74, 6) is 1.30. The van der Waals surface area contributed by atoms with Gasteiger partial charge in [-0.25, -0.2) is 0 Å². The molecule has 3 heterocycles. The minimum atomic E-state index is -0.539. The van der Waals surface area contributed by atoms with Gasteiger partial charge in [-0.05, 0) is 62.7 Å². The number of aliphatic imine (C=N–C) groups is 1. The molecule has 0 unspecified atom stereocenters. The van der Waals surface area contributed by atoms with Crippen LogP contribution < -0.4 is 5.32 Å². The van der Waals surface area contributed by atoms with Gasteiger partial charge in [0.1, 0.15) is 22.6 Å². The van der Waals surface area contributed by atoms with Gasteiger partial charge in [-0.2, -0.15) is 13.5 Å². The molecule has 35 heavy (non-hydrogen) atoms. The fourth-order valence-corrected chi connectivity index (χ4v) is 5.40. The molecule has 7 nitrogen and oxygen atoms in total. The Morgan fingerprint density at radius 3 is 2.46 bits per heavy atom. The number of benzene rings is 2. The van der Waals surface area contributed by atoms with Crippen LogP contribution in [0.5, 0.6) is 5.75 Å². The molecular formula is C25H24ClN5O2S2. The van der Waals surface area contributed by atoms with E-state index in [1.165, 1.54) is 17.0 Å². The minimum absolute atomic E-state index is 0. The number of hydrogen-bond donors (Lipinski definition) is 2. The zero-order chi connectivity index (χ0) is 24.0. The van der Waals surface area contributed by atoms with Gasteiger partial charge in [0.05, 0.1) is 12.1 Å². The van der Waals surface area contributed by atoms with E-state index in [4.69, 9.17) is 16.6 Å².